The number of hydrogen-bond donors (Lipinski definition) is 1. The highest BCUT2D eigenvalue weighted by Gasteiger charge is 2.20. The lowest BCUT2D eigenvalue weighted by molar-refractivity contribution is 0.400. The predicted octanol–water partition coefficient (Wildman–Crippen LogP) is 4.28. The maximum atomic E-state index is 11.4. The number of hydrogen-bond acceptors (Lipinski definition) is 5. The average molecular weight is 413 g/mol. The smallest absolute Gasteiger partial charge is 0.238 e. The predicted molar refractivity (Wildman–Crippen MR) is 100 cm³/mol. The third kappa shape index (κ3) is 3.43. The number of nitrogens with two attached hydrogens (primary N) is 1. The molecule has 0 amide bonds. The summed E-state index contributed by atoms with van der Waals surface area (Å²) >= 11 is 12.4. The van der Waals surface area contributed by atoms with Crippen LogP contribution in [0.5, 0.6) is 5.75 Å². The molecule has 3 aromatic rings. The van der Waals surface area contributed by atoms with Crippen molar-refractivity contribution in [1.29, 1.82) is 0 Å². The Morgan fingerprint density at radius 1 is 1.08 bits per heavy atom. The molecule has 136 valence electrons. The Balaban J connectivity index is 2.14. The largest absolute Gasteiger partial charge is 0.494 e. The van der Waals surface area contributed by atoms with Gasteiger partial charge in [-0.25, -0.2) is 13.6 Å². The van der Waals surface area contributed by atoms with E-state index in [0.29, 0.717) is 43.9 Å². The summed E-state index contributed by atoms with van der Waals surface area (Å²) in [4.78, 5) is 0.0208. The fourth-order valence-electron chi connectivity index (χ4n) is 2.61. The molecule has 9 heteroatoms. The molecule has 0 unspecified atom stereocenters. The number of aromatic nitrogens is 1. The molecule has 0 saturated heterocycles. The van der Waals surface area contributed by atoms with Gasteiger partial charge in [0.1, 0.15) is 11.5 Å². The molecular formula is C17H14Cl2N2O4S. The number of primary sulfonamides is 1. The summed E-state index contributed by atoms with van der Waals surface area (Å²) in [5.74, 6) is 0.933. The highest BCUT2D eigenvalue weighted by molar-refractivity contribution is 7.89. The van der Waals surface area contributed by atoms with Gasteiger partial charge in [-0.15, -0.1) is 0 Å². The van der Waals surface area contributed by atoms with Gasteiger partial charge in [-0.3, -0.25) is 0 Å². The van der Waals surface area contributed by atoms with Gasteiger partial charge in [0.05, 0.1) is 27.6 Å². The maximum Gasteiger partial charge on any atom is 0.238 e. The van der Waals surface area contributed by atoms with Crippen LogP contribution in [0.2, 0.25) is 10.0 Å². The van der Waals surface area contributed by atoms with Gasteiger partial charge in [-0.2, -0.15) is 0 Å². The molecule has 26 heavy (non-hydrogen) atoms. The molecule has 0 fully saturated rings. The van der Waals surface area contributed by atoms with Crippen molar-refractivity contribution in [3.05, 3.63) is 52.2 Å². The lowest BCUT2D eigenvalue weighted by Crippen LogP contribution is -2.11. The molecule has 0 radical (unpaired) electrons. The minimum atomic E-state index is -3.77. The second-order valence-electron chi connectivity index (χ2n) is 5.50. The van der Waals surface area contributed by atoms with Crippen molar-refractivity contribution in [1.82, 2.24) is 5.16 Å². The third-order valence-electron chi connectivity index (χ3n) is 3.81. The zero-order valence-electron chi connectivity index (χ0n) is 13.8. The number of methoxy groups -OCH3 is 1. The van der Waals surface area contributed by atoms with Crippen molar-refractivity contribution in [3.8, 4) is 28.1 Å². The SMILES string of the molecule is COc1c(Cl)cc(-c2noc(C)c2-c2ccc(S(N)(=O)=O)cc2)cc1Cl. The quantitative estimate of drug-likeness (QED) is 0.689. The van der Waals surface area contributed by atoms with E-state index in [1.54, 1.807) is 31.2 Å². The Hall–Kier alpha value is -2.06. The second kappa shape index (κ2) is 6.92. The van der Waals surface area contributed by atoms with E-state index in [2.05, 4.69) is 5.16 Å². The van der Waals surface area contributed by atoms with Gasteiger partial charge in [-0.1, -0.05) is 40.5 Å². The van der Waals surface area contributed by atoms with Gasteiger partial charge in [-0.05, 0) is 36.8 Å². The highest BCUT2D eigenvalue weighted by Crippen LogP contribution is 2.40. The van der Waals surface area contributed by atoms with Gasteiger partial charge in [0.2, 0.25) is 10.0 Å². The van der Waals surface area contributed by atoms with Gasteiger partial charge in [0, 0.05) is 5.56 Å². The Morgan fingerprint density at radius 3 is 2.15 bits per heavy atom. The first-order chi connectivity index (χ1) is 12.2. The summed E-state index contributed by atoms with van der Waals surface area (Å²) < 4.78 is 33.3. The van der Waals surface area contributed by atoms with Crippen LogP contribution >= 0.6 is 23.2 Å². The topological polar surface area (TPSA) is 95.4 Å². The Morgan fingerprint density at radius 2 is 1.65 bits per heavy atom. The molecule has 2 aromatic carbocycles. The van der Waals surface area contributed by atoms with E-state index in [9.17, 15) is 8.42 Å². The molecule has 0 bridgehead atoms. The second-order valence-corrected chi connectivity index (χ2v) is 7.88. The fraction of sp³-hybridized carbons (Fsp3) is 0.118. The minimum absolute atomic E-state index is 0.0208. The van der Waals surface area contributed by atoms with E-state index in [-0.39, 0.29) is 4.90 Å². The van der Waals surface area contributed by atoms with Crippen molar-refractivity contribution in [2.45, 2.75) is 11.8 Å². The molecule has 0 aliphatic heterocycles. The number of ether oxygens (including phenoxy) is 1. The molecule has 3 rings (SSSR count). The monoisotopic (exact) mass is 412 g/mol. The summed E-state index contributed by atoms with van der Waals surface area (Å²) in [6.07, 6.45) is 0. The lowest BCUT2D eigenvalue weighted by Gasteiger charge is -2.09. The van der Waals surface area contributed by atoms with Crippen LogP contribution < -0.4 is 9.88 Å². The summed E-state index contributed by atoms with van der Waals surface area (Å²) in [5, 5.41) is 9.91. The summed E-state index contributed by atoms with van der Waals surface area (Å²) in [5.41, 5.74) is 2.58. The average Bonchev–Trinajstić information content (AvgIpc) is 2.95. The zero-order chi connectivity index (χ0) is 19.1. The van der Waals surface area contributed by atoms with Gasteiger partial charge < -0.3 is 9.26 Å². The van der Waals surface area contributed by atoms with Crippen molar-refractivity contribution in [2.75, 3.05) is 7.11 Å². The summed E-state index contributed by atoms with van der Waals surface area (Å²) in [6, 6.07) is 9.46. The first-order valence-electron chi connectivity index (χ1n) is 7.35. The lowest BCUT2D eigenvalue weighted by atomic mass is 9.99. The Labute approximate surface area is 160 Å². The Bertz CT molecular complexity index is 1050. The molecule has 0 saturated carbocycles. The van der Waals surface area contributed by atoms with Crippen molar-refractivity contribution in [2.24, 2.45) is 5.14 Å². The number of benzene rings is 2. The summed E-state index contributed by atoms with van der Waals surface area (Å²) in [7, 11) is -2.29. The molecule has 1 heterocycles. The van der Waals surface area contributed by atoms with Crippen molar-refractivity contribution in [3.63, 3.8) is 0 Å². The van der Waals surface area contributed by atoms with Crippen LogP contribution in [0.4, 0.5) is 0 Å². The van der Waals surface area contributed by atoms with Crippen LogP contribution in [0.15, 0.2) is 45.8 Å². The number of aryl methyl sites for hydroxylation is 1. The van der Waals surface area contributed by atoms with E-state index >= 15 is 0 Å². The van der Waals surface area contributed by atoms with Gasteiger partial charge in [0.15, 0.2) is 5.75 Å². The number of sulfonamides is 1. The third-order valence-corrected chi connectivity index (χ3v) is 5.30. The first-order valence-corrected chi connectivity index (χ1v) is 9.65. The van der Waals surface area contributed by atoms with E-state index in [1.807, 2.05) is 0 Å². The van der Waals surface area contributed by atoms with Crippen LogP contribution in [0.1, 0.15) is 5.76 Å². The molecule has 2 N–H and O–H groups in total. The van der Waals surface area contributed by atoms with Crippen LogP contribution in [-0.2, 0) is 10.0 Å². The van der Waals surface area contributed by atoms with Crippen LogP contribution in [0, 0.1) is 6.92 Å². The molecule has 1 aromatic heterocycles. The normalized spacial score (nSPS) is 11.6. The number of rotatable bonds is 4. The molecular weight excluding hydrogens is 399 g/mol. The van der Waals surface area contributed by atoms with Crippen LogP contribution in [0.25, 0.3) is 22.4 Å². The zero-order valence-corrected chi connectivity index (χ0v) is 16.1. The molecule has 0 aliphatic rings. The van der Waals surface area contributed by atoms with E-state index in [4.69, 9.17) is 37.6 Å². The molecule has 6 nitrogen and oxygen atoms in total. The molecule has 0 atom stereocenters. The Kier molecular flexibility index (Phi) is 4.98. The number of halogens is 2. The van der Waals surface area contributed by atoms with Crippen LogP contribution in [-0.4, -0.2) is 20.7 Å². The molecule has 0 aliphatic carbocycles. The number of nitrogens with zero attached hydrogens (tertiary/aromatic N) is 1. The summed E-state index contributed by atoms with van der Waals surface area (Å²) in [6.45, 7) is 1.76. The maximum absolute atomic E-state index is 11.4. The van der Waals surface area contributed by atoms with Gasteiger partial charge >= 0.3 is 0 Å². The first kappa shape index (κ1) is 18.7. The minimum Gasteiger partial charge on any atom is -0.494 e. The highest BCUT2D eigenvalue weighted by atomic mass is 35.5. The van der Waals surface area contributed by atoms with Crippen LogP contribution in [0.3, 0.4) is 0 Å². The molecule has 0 spiro atoms. The van der Waals surface area contributed by atoms with E-state index in [1.165, 1.54) is 19.2 Å². The van der Waals surface area contributed by atoms with E-state index in [0.717, 1.165) is 0 Å². The van der Waals surface area contributed by atoms with Gasteiger partial charge in [0.25, 0.3) is 0 Å². The fourth-order valence-corrected chi connectivity index (χ4v) is 3.77. The standard InChI is InChI=1S/C17H14Cl2N2O4S/c1-9-15(10-3-5-12(6-4-10)26(20,22)23)16(21-25-9)11-7-13(18)17(24-2)14(19)8-11/h3-8H,1-2H3,(H2,20,22,23). The van der Waals surface area contributed by atoms with E-state index < -0.39 is 10.0 Å². The van der Waals surface area contributed by atoms with Crippen molar-refractivity contribution >= 4 is 33.2 Å². The van der Waals surface area contributed by atoms with Crippen molar-refractivity contribution < 1.29 is 17.7 Å².